The lowest BCUT2D eigenvalue weighted by Crippen LogP contribution is -1.91. The summed E-state index contributed by atoms with van der Waals surface area (Å²) < 4.78 is 2.22. The molecule has 0 spiro atoms. The Balaban J connectivity index is 2.41. The lowest BCUT2D eigenvalue weighted by molar-refractivity contribution is 0.919. The molecule has 2 heteroatoms. The Morgan fingerprint density at radius 2 is 1.76 bits per heavy atom. The van der Waals surface area contributed by atoms with Crippen LogP contribution in [0.1, 0.15) is 5.69 Å². The summed E-state index contributed by atoms with van der Waals surface area (Å²) >= 11 is 0. The van der Waals surface area contributed by atoms with E-state index < -0.39 is 0 Å². The summed E-state index contributed by atoms with van der Waals surface area (Å²) in [4.78, 5) is 4.46. The van der Waals surface area contributed by atoms with Gasteiger partial charge in [-0.3, -0.25) is 4.98 Å². The smallest absolute Gasteiger partial charge is 0.0726 e. The first kappa shape index (κ1) is 10.1. The van der Waals surface area contributed by atoms with Crippen LogP contribution < -0.4 is 0 Å². The van der Waals surface area contributed by atoms with E-state index in [4.69, 9.17) is 0 Å². The Morgan fingerprint density at radius 1 is 1.00 bits per heavy atom. The Labute approximate surface area is 101 Å². The molecule has 3 aromatic rings. The average Bonchev–Trinajstić information content (AvgIpc) is 2.64. The number of rotatable bonds is 1. The molecule has 0 aliphatic heterocycles. The van der Waals surface area contributed by atoms with Gasteiger partial charge >= 0.3 is 0 Å². The highest BCUT2D eigenvalue weighted by Crippen LogP contribution is 2.32. The van der Waals surface area contributed by atoms with Crippen molar-refractivity contribution >= 4 is 10.9 Å². The van der Waals surface area contributed by atoms with Crippen molar-refractivity contribution in [3.05, 3.63) is 54.4 Å². The number of aromatic nitrogens is 2. The van der Waals surface area contributed by atoms with Crippen LogP contribution in [0.3, 0.4) is 0 Å². The highest BCUT2D eigenvalue weighted by molar-refractivity contribution is 5.97. The first-order valence-corrected chi connectivity index (χ1v) is 5.74. The number of para-hydroxylation sites is 1. The molecule has 0 amide bonds. The number of fused-ring (bicyclic) bond motifs is 1. The summed E-state index contributed by atoms with van der Waals surface area (Å²) in [5, 5.41) is 1.27. The zero-order valence-electron chi connectivity index (χ0n) is 10.0. The van der Waals surface area contributed by atoms with Gasteiger partial charge in [0.05, 0.1) is 5.69 Å². The van der Waals surface area contributed by atoms with E-state index >= 15 is 0 Å². The second-order valence-electron chi connectivity index (χ2n) is 4.25. The van der Waals surface area contributed by atoms with Crippen molar-refractivity contribution in [1.29, 1.82) is 0 Å². The second-order valence-corrected chi connectivity index (χ2v) is 4.25. The van der Waals surface area contributed by atoms with Crippen LogP contribution in [0.5, 0.6) is 0 Å². The van der Waals surface area contributed by atoms with E-state index in [2.05, 4.69) is 53.9 Å². The molecule has 0 N–H and O–H groups in total. The molecule has 84 valence electrons. The highest BCUT2D eigenvalue weighted by atomic mass is 14.9. The van der Waals surface area contributed by atoms with E-state index in [-0.39, 0.29) is 0 Å². The van der Waals surface area contributed by atoms with Crippen molar-refractivity contribution in [2.75, 3.05) is 0 Å². The van der Waals surface area contributed by atoms with Crippen LogP contribution in [0.15, 0.2) is 48.7 Å². The van der Waals surface area contributed by atoms with Gasteiger partial charge in [-0.2, -0.15) is 0 Å². The largest absolute Gasteiger partial charge is 0.347 e. The average molecular weight is 222 g/mol. The highest BCUT2D eigenvalue weighted by Gasteiger charge is 2.13. The first-order valence-electron chi connectivity index (χ1n) is 5.74. The third-order valence-electron chi connectivity index (χ3n) is 3.32. The van der Waals surface area contributed by atoms with Crippen molar-refractivity contribution in [1.82, 2.24) is 9.55 Å². The summed E-state index contributed by atoms with van der Waals surface area (Å²) in [6, 6.07) is 14.5. The molecule has 3 rings (SSSR count). The Kier molecular flexibility index (Phi) is 2.22. The molecular weight excluding hydrogens is 208 g/mol. The third-order valence-corrected chi connectivity index (χ3v) is 3.32. The van der Waals surface area contributed by atoms with Gasteiger partial charge in [-0.05, 0) is 25.1 Å². The Bertz CT molecular complexity index is 666. The molecule has 0 radical (unpaired) electrons. The Morgan fingerprint density at radius 3 is 2.53 bits per heavy atom. The minimum Gasteiger partial charge on any atom is -0.347 e. The van der Waals surface area contributed by atoms with Crippen molar-refractivity contribution in [3.8, 4) is 11.3 Å². The van der Waals surface area contributed by atoms with Crippen molar-refractivity contribution in [3.63, 3.8) is 0 Å². The predicted octanol–water partition coefficient (Wildman–Crippen LogP) is 3.55. The molecule has 2 heterocycles. The summed E-state index contributed by atoms with van der Waals surface area (Å²) in [5.74, 6) is 0. The number of hydrogen-bond donors (Lipinski definition) is 0. The molecule has 2 aromatic heterocycles. The first-order chi connectivity index (χ1) is 8.29. The van der Waals surface area contributed by atoms with E-state index in [1.807, 2.05) is 18.3 Å². The summed E-state index contributed by atoms with van der Waals surface area (Å²) in [6.45, 7) is 2.14. The maximum atomic E-state index is 4.46. The summed E-state index contributed by atoms with van der Waals surface area (Å²) in [6.07, 6.45) is 1.84. The fraction of sp³-hybridized carbons (Fsp3) is 0.133. The van der Waals surface area contributed by atoms with E-state index in [0.29, 0.717) is 0 Å². The maximum Gasteiger partial charge on any atom is 0.0726 e. The summed E-state index contributed by atoms with van der Waals surface area (Å²) in [5.41, 5.74) is 4.79. The number of aryl methyl sites for hydroxylation is 1. The molecule has 0 atom stereocenters. The molecule has 0 saturated carbocycles. The van der Waals surface area contributed by atoms with Gasteiger partial charge in [0, 0.05) is 35.4 Å². The van der Waals surface area contributed by atoms with Crippen LogP contribution in [0, 0.1) is 6.92 Å². The van der Waals surface area contributed by atoms with Crippen LogP contribution in [0.25, 0.3) is 22.2 Å². The van der Waals surface area contributed by atoms with Gasteiger partial charge in [-0.15, -0.1) is 0 Å². The van der Waals surface area contributed by atoms with Gasteiger partial charge in [0.25, 0.3) is 0 Å². The van der Waals surface area contributed by atoms with Crippen LogP contribution in [0.2, 0.25) is 0 Å². The number of benzene rings is 1. The molecule has 0 unspecified atom stereocenters. The summed E-state index contributed by atoms with van der Waals surface area (Å²) in [7, 11) is 2.10. The van der Waals surface area contributed by atoms with Gasteiger partial charge < -0.3 is 4.57 Å². The van der Waals surface area contributed by atoms with E-state index in [0.717, 1.165) is 5.69 Å². The Hall–Kier alpha value is -2.09. The molecule has 0 fully saturated rings. The number of pyridine rings is 1. The van der Waals surface area contributed by atoms with Gasteiger partial charge in [-0.25, -0.2) is 0 Å². The van der Waals surface area contributed by atoms with Gasteiger partial charge in [0.2, 0.25) is 0 Å². The molecule has 1 aromatic carbocycles. The molecule has 0 aliphatic carbocycles. The standard InChI is InChI=1S/C15H14N2/c1-11-15(13-8-5-6-10-16-13)12-7-3-4-9-14(12)17(11)2/h3-10H,1-2H3. The maximum absolute atomic E-state index is 4.46. The lowest BCUT2D eigenvalue weighted by atomic mass is 10.1. The van der Waals surface area contributed by atoms with E-state index in [1.54, 1.807) is 0 Å². The fourth-order valence-electron chi connectivity index (χ4n) is 2.35. The van der Waals surface area contributed by atoms with Crippen molar-refractivity contribution < 1.29 is 0 Å². The predicted molar refractivity (Wildman–Crippen MR) is 70.9 cm³/mol. The van der Waals surface area contributed by atoms with Gasteiger partial charge in [-0.1, -0.05) is 24.3 Å². The van der Waals surface area contributed by atoms with Crippen LogP contribution in [-0.4, -0.2) is 9.55 Å². The SMILES string of the molecule is Cc1c(-c2ccccn2)c2ccccc2n1C. The minimum atomic E-state index is 1.04. The third kappa shape index (κ3) is 1.45. The fourth-order valence-corrected chi connectivity index (χ4v) is 2.35. The lowest BCUT2D eigenvalue weighted by Gasteiger charge is -2.01. The quantitative estimate of drug-likeness (QED) is 0.615. The molecule has 0 aliphatic rings. The van der Waals surface area contributed by atoms with E-state index in [1.165, 1.54) is 22.2 Å². The van der Waals surface area contributed by atoms with Crippen LogP contribution in [-0.2, 0) is 7.05 Å². The van der Waals surface area contributed by atoms with Crippen LogP contribution in [0.4, 0.5) is 0 Å². The monoisotopic (exact) mass is 222 g/mol. The molecule has 2 nitrogen and oxygen atoms in total. The minimum absolute atomic E-state index is 1.04. The normalized spacial score (nSPS) is 10.9. The number of nitrogens with zero attached hydrogens (tertiary/aromatic N) is 2. The van der Waals surface area contributed by atoms with Gasteiger partial charge in [0.1, 0.15) is 0 Å². The molecular formula is C15H14N2. The van der Waals surface area contributed by atoms with E-state index in [9.17, 15) is 0 Å². The zero-order valence-corrected chi connectivity index (χ0v) is 10.0. The van der Waals surface area contributed by atoms with Crippen LogP contribution >= 0.6 is 0 Å². The molecule has 0 bridgehead atoms. The number of hydrogen-bond acceptors (Lipinski definition) is 1. The molecule has 0 saturated heterocycles. The zero-order chi connectivity index (χ0) is 11.8. The van der Waals surface area contributed by atoms with Crippen molar-refractivity contribution in [2.45, 2.75) is 6.92 Å². The van der Waals surface area contributed by atoms with Gasteiger partial charge in [0.15, 0.2) is 0 Å². The van der Waals surface area contributed by atoms with Crippen molar-refractivity contribution in [2.24, 2.45) is 7.05 Å². The second kappa shape index (κ2) is 3.74. The molecule has 17 heavy (non-hydrogen) atoms. The topological polar surface area (TPSA) is 17.8 Å².